The molecule has 6 nitrogen and oxygen atoms in total. The number of anilines is 1. The molecule has 0 radical (unpaired) electrons. The summed E-state index contributed by atoms with van der Waals surface area (Å²) in [4.78, 5) is 22.0. The first-order valence-corrected chi connectivity index (χ1v) is 9.37. The highest BCUT2D eigenvalue weighted by Gasteiger charge is 2.42. The lowest BCUT2D eigenvalue weighted by molar-refractivity contribution is -0.174. The topological polar surface area (TPSA) is 67.3 Å². The number of piperidine rings is 1. The summed E-state index contributed by atoms with van der Waals surface area (Å²) in [7, 11) is 1.33. The summed E-state index contributed by atoms with van der Waals surface area (Å²) in [6.45, 7) is 4.10. The first kappa shape index (κ1) is 21.8. The molecule has 1 saturated heterocycles. The molecule has 0 spiro atoms. The zero-order chi connectivity index (χ0) is 22.1. The highest BCUT2D eigenvalue weighted by atomic mass is 19.4. The second-order valence-corrected chi connectivity index (χ2v) is 7.23. The van der Waals surface area contributed by atoms with Gasteiger partial charge in [-0.05, 0) is 38.0 Å². The summed E-state index contributed by atoms with van der Waals surface area (Å²) >= 11 is 0. The lowest BCUT2D eigenvalue weighted by atomic mass is 9.85. The maximum atomic E-state index is 14.2. The molecule has 1 aromatic heterocycles. The SMILES string of the molecule is COc1ccc(C2CCN(c3cc(C)nc(C)n3)CC2NC(=O)C(F)(F)F)cc1F. The van der Waals surface area contributed by atoms with E-state index in [4.69, 9.17) is 4.74 Å². The predicted molar refractivity (Wildman–Crippen MR) is 102 cm³/mol. The number of nitrogens with one attached hydrogen (secondary N) is 1. The fraction of sp³-hybridized carbons (Fsp3) is 0.450. The minimum absolute atomic E-state index is 0.0407. The fourth-order valence-corrected chi connectivity index (χ4v) is 3.73. The molecule has 1 aromatic carbocycles. The van der Waals surface area contributed by atoms with Crippen LogP contribution >= 0.6 is 0 Å². The average molecular weight is 426 g/mol. The number of aromatic nitrogens is 2. The van der Waals surface area contributed by atoms with E-state index < -0.39 is 29.9 Å². The Labute approximate surface area is 171 Å². The molecular weight excluding hydrogens is 404 g/mol. The molecule has 0 bridgehead atoms. The van der Waals surface area contributed by atoms with E-state index in [2.05, 4.69) is 15.3 Å². The molecule has 2 atom stereocenters. The highest BCUT2D eigenvalue weighted by Crippen LogP contribution is 2.33. The number of hydrogen-bond acceptors (Lipinski definition) is 5. The van der Waals surface area contributed by atoms with E-state index in [9.17, 15) is 22.4 Å². The molecule has 10 heteroatoms. The summed E-state index contributed by atoms with van der Waals surface area (Å²) in [5.41, 5.74) is 1.23. The van der Waals surface area contributed by atoms with Gasteiger partial charge in [0.05, 0.1) is 13.2 Å². The van der Waals surface area contributed by atoms with Gasteiger partial charge in [0.1, 0.15) is 11.6 Å². The van der Waals surface area contributed by atoms with Crippen LogP contribution in [0, 0.1) is 19.7 Å². The van der Waals surface area contributed by atoms with E-state index >= 15 is 0 Å². The molecule has 1 fully saturated rings. The van der Waals surface area contributed by atoms with Gasteiger partial charge in [0.15, 0.2) is 11.6 Å². The predicted octanol–water partition coefficient (Wildman–Crippen LogP) is 3.28. The minimum Gasteiger partial charge on any atom is -0.494 e. The van der Waals surface area contributed by atoms with Gasteiger partial charge in [-0.1, -0.05) is 6.07 Å². The Morgan fingerprint density at radius 1 is 1.23 bits per heavy atom. The second kappa shape index (κ2) is 8.45. The van der Waals surface area contributed by atoms with E-state index in [1.54, 1.807) is 30.9 Å². The maximum Gasteiger partial charge on any atom is 0.471 e. The molecule has 1 N–H and O–H groups in total. The molecule has 0 aliphatic carbocycles. The maximum absolute atomic E-state index is 14.2. The Bertz CT molecular complexity index is 915. The van der Waals surface area contributed by atoms with Crippen molar-refractivity contribution in [1.29, 1.82) is 0 Å². The van der Waals surface area contributed by atoms with Gasteiger partial charge >= 0.3 is 12.1 Å². The number of benzene rings is 1. The third kappa shape index (κ3) is 4.80. The molecule has 1 amide bonds. The highest BCUT2D eigenvalue weighted by molar-refractivity contribution is 5.82. The fourth-order valence-electron chi connectivity index (χ4n) is 3.73. The lowest BCUT2D eigenvalue weighted by Gasteiger charge is -2.40. The van der Waals surface area contributed by atoms with Crippen molar-refractivity contribution >= 4 is 11.7 Å². The molecular formula is C20H22F4N4O2. The molecule has 2 unspecified atom stereocenters. The van der Waals surface area contributed by atoms with Gasteiger partial charge in [0.2, 0.25) is 0 Å². The molecule has 2 aromatic rings. The number of carbonyl (C=O) groups is 1. The van der Waals surface area contributed by atoms with Crippen molar-refractivity contribution in [3.05, 3.63) is 47.2 Å². The number of ether oxygens (including phenoxy) is 1. The molecule has 2 heterocycles. The molecule has 3 rings (SSSR count). The van der Waals surface area contributed by atoms with Gasteiger partial charge in [-0.15, -0.1) is 0 Å². The molecule has 162 valence electrons. The number of carbonyl (C=O) groups excluding carboxylic acids is 1. The van der Waals surface area contributed by atoms with Crippen LogP contribution in [0.4, 0.5) is 23.4 Å². The number of amides is 1. The van der Waals surface area contributed by atoms with Crippen LogP contribution in [0.1, 0.15) is 29.4 Å². The standard InChI is InChI=1S/C20H22F4N4O2/c1-11-8-18(26-12(2)25-11)28-7-6-14(13-4-5-17(30-3)15(21)9-13)16(10-28)27-19(29)20(22,23)24/h4-5,8-9,14,16H,6-7,10H2,1-3H3,(H,27,29). The number of rotatable bonds is 4. The first-order chi connectivity index (χ1) is 14.1. The molecule has 1 aliphatic heterocycles. The monoisotopic (exact) mass is 426 g/mol. The van der Waals surface area contributed by atoms with E-state index in [0.717, 1.165) is 5.69 Å². The normalized spacial score (nSPS) is 19.5. The first-order valence-electron chi connectivity index (χ1n) is 9.37. The van der Waals surface area contributed by atoms with Gasteiger partial charge in [-0.25, -0.2) is 14.4 Å². The van der Waals surface area contributed by atoms with Crippen molar-refractivity contribution < 1.29 is 27.1 Å². The second-order valence-electron chi connectivity index (χ2n) is 7.23. The van der Waals surface area contributed by atoms with Crippen LogP contribution in [-0.2, 0) is 4.79 Å². The van der Waals surface area contributed by atoms with Gasteiger partial charge in [-0.2, -0.15) is 13.2 Å². The van der Waals surface area contributed by atoms with Crippen LogP contribution in [0.5, 0.6) is 5.75 Å². The Kier molecular flexibility index (Phi) is 6.14. The van der Waals surface area contributed by atoms with Gasteiger partial charge in [-0.3, -0.25) is 4.79 Å². The zero-order valence-electron chi connectivity index (χ0n) is 16.8. The number of nitrogens with zero attached hydrogens (tertiary/aromatic N) is 3. The Morgan fingerprint density at radius 3 is 2.57 bits per heavy atom. The van der Waals surface area contributed by atoms with E-state index in [1.807, 2.05) is 0 Å². The summed E-state index contributed by atoms with van der Waals surface area (Å²) in [6, 6.07) is 5.12. The number of halogens is 4. The quantitative estimate of drug-likeness (QED) is 0.761. The van der Waals surface area contributed by atoms with Crippen LogP contribution in [0.25, 0.3) is 0 Å². The van der Waals surface area contributed by atoms with Crippen LogP contribution in [0.3, 0.4) is 0 Å². The Balaban J connectivity index is 1.91. The molecule has 1 aliphatic rings. The third-order valence-corrected chi connectivity index (χ3v) is 5.07. The van der Waals surface area contributed by atoms with Crippen LogP contribution < -0.4 is 15.0 Å². The Hall–Kier alpha value is -2.91. The van der Waals surface area contributed by atoms with Crippen molar-refractivity contribution in [2.75, 3.05) is 25.1 Å². The summed E-state index contributed by atoms with van der Waals surface area (Å²) < 4.78 is 57.8. The largest absolute Gasteiger partial charge is 0.494 e. The van der Waals surface area contributed by atoms with Crippen molar-refractivity contribution in [3.63, 3.8) is 0 Å². The molecule has 30 heavy (non-hydrogen) atoms. The summed E-state index contributed by atoms with van der Waals surface area (Å²) in [5.74, 6) is -1.98. The number of methoxy groups -OCH3 is 1. The lowest BCUT2D eigenvalue weighted by Crippen LogP contribution is -2.54. The van der Waals surface area contributed by atoms with Crippen molar-refractivity contribution in [2.45, 2.75) is 38.4 Å². The van der Waals surface area contributed by atoms with Gasteiger partial charge < -0.3 is 15.0 Å². The number of alkyl halides is 3. The van der Waals surface area contributed by atoms with Crippen molar-refractivity contribution in [3.8, 4) is 5.75 Å². The minimum atomic E-state index is -5.01. The van der Waals surface area contributed by atoms with Crippen LogP contribution in [0.2, 0.25) is 0 Å². The van der Waals surface area contributed by atoms with Crippen molar-refractivity contribution in [1.82, 2.24) is 15.3 Å². The molecule has 0 saturated carbocycles. The third-order valence-electron chi connectivity index (χ3n) is 5.07. The smallest absolute Gasteiger partial charge is 0.471 e. The van der Waals surface area contributed by atoms with E-state index in [1.165, 1.54) is 19.2 Å². The number of aryl methyl sites for hydroxylation is 2. The zero-order valence-corrected chi connectivity index (χ0v) is 16.8. The summed E-state index contributed by atoms with van der Waals surface area (Å²) in [6.07, 6.45) is -4.61. The van der Waals surface area contributed by atoms with Crippen LogP contribution in [-0.4, -0.2) is 48.3 Å². The van der Waals surface area contributed by atoms with E-state index in [-0.39, 0.29) is 12.3 Å². The summed E-state index contributed by atoms with van der Waals surface area (Å²) in [5, 5.41) is 2.08. The van der Waals surface area contributed by atoms with Crippen molar-refractivity contribution in [2.24, 2.45) is 0 Å². The van der Waals surface area contributed by atoms with E-state index in [0.29, 0.717) is 30.2 Å². The van der Waals surface area contributed by atoms with Crippen LogP contribution in [0.15, 0.2) is 24.3 Å². The van der Waals surface area contributed by atoms with Gasteiger partial charge in [0.25, 0.3) is 0 Å². The number of hydrogen-bond donors (Lipinski definition) is 1. The Morgan fingerprint density at radius 2 is 1.97 bits per heavy atom. The van der Waals surface area contributed by atoms with Gasteiger partial charge in [0, 0.05) is 30.8 Å². The average Bonchev–Trinajstić information content (AvgIpc) is 2.66.